The maximum atomic E-state index is 4.82. The third kappa shape index (κ3) is 1.53. The summed E-state index contributed by atoms with van der Waals surface area (Å²) in [4.78, 5) is 4.82. The Morgan fingerprint density at radius 1 is 1.12 bits per heavy atom. The van der Waals surface area contributed by atoms with Crippen LogP contribution in [0.3, 0.4) is 0 Å². The smallest absolute Gasteiger partial charge is 0.140 e. The molecule has 0 amide bonds. The maximum Gasteiger partial charge on any atom is 0.140 e. The first-order valence-corrected chi connectivity index (χ1v) is 6.32. The van der Waals surface area contributed by atoms with Crippen LogP contribution in [0.5, 0.6) is 0 Å². The average Bonchev–Trinajstić information content (AvgIpc) is 2.57. The number of imidazole rings is 1. The van der Waals surface area contributed by atoms with E-state index in [-0.39, 0.29) is 0 Å². The number of nitrogens with zero attached hydrogens (tertiary/aromatic N) is 2. The summed E-state index contributed by atoms with van der Waals surface area (Å²) in [5.74, 6) is 0. The Morgan fingerprint density at radius 2 is 1.94 bits per heavy atom. The minimum Gasteiger partial charge on any atom is -0.304 e. The highest BCUT2D eigenvalue weighted by Gasteiger charge is 2.14. The Labute approximate surface area is 96.3 Å². The molecule has 16 heavy (non-hydrogen) atoms. The van der Waals surface area contributed by atoms with Crippen LogP contribution in [0.1, 0.15) is 42.6 Å². The van der Waals surface area contributed by atoms with Crippen LogP contribution in [-0.4, -0.2) is 9.38 Å². The Balaban J connectivity index is 2.20. The molecule has 2 heteroatoms. The van der Waals surface area contributed by atoms with Gasteiger partial charge < -0.3 is 4.40 Å². The van der Waals surface area contributed by atoms with Crippen LogP contribution in [0.2, 0.25) is 0 Å². The molecule has 0 unspecified atom stereocenters. The number of aromatic nitrogens is 2. The van der Waals surface area contributed by atoms with E-state index in [1.54, 1.807) is 0 Å². The summed E-state index contributed by atoms with van der Waals surface area (Å²) >= 11 is 0. The zero-order valence-corrected chi connectivity index (χ0v) is 9.87. The van der Waals surface area contributed by atoms with Crippen molar-refractivity contribution in [3.63, 3.8) is 0 Å². The second kappa shape index (κ2) is 3.93. The molecule has 0 spiro atoms. The molecule has 0 bridgehead atoms. The molecular formula is C14H18N2. The minimum absolute atomic E-state index is 1.16. The lowest BCUT2D eigenvalue weighted by atomic mass is 10.0. The van der Waals surface area contributed by atoms with Gasteiger partial charge in [0, 0.05) is 11.9 Å². The molecule has 2 nitrogen and oxygen atoms in total. The van der Waals surface area contributed by atoms with Gasteiger partial charge in [-0.05, 0) is 44.2 Å². The number of fused-ring (bicyclic) bond motifs is 3. The standard InChI is InChI=1S/C14H18N2/c1-11-7-6-10-16-13-9-5-3-2-4-8-12(13)15-14(11)16/h6-7,10H,2-5,8-9H2,1H3. The van der Waals surface area contributed by atoms with Gasteiger partial charge in [-0.25, -0.2) is 4.98 Å². The van der Waals surface area contributed by atoms with Crippen LogP contribution in [0.15, 0.2) is 18.3 Å². The second-order valence-corrected chi connectivity index (χ2v) is 4.80. The summed E-state index contributed by atoms with van der Waals surface area (Å²) in [6.45, 7) is 2.15. The van der Waals surface area contributed by atoms with Crippen molar-refractivity contribution in [2.24, 2.45) is 0 Å². The van der Waals surface area contributed by atoms with Crippen molar-refractivity contribution in [2.45, 2.75) is 45.4 Å². The molecule has 0 aliphatic heterocycles. The second-order valence-electron chi connectivity index (χ2n) is 4.80. The van der Waals surface area contributed by atoms with Crippen molar-refractivity contribution in [2.75, 3.05) is 0 Å². The van der Waals surface area contributed by atoms with E-state index >= 15 is 0 Å². The maximum absolute atomic E-state index is 4.82. The summed E-state index contributed by atoms with van der Waals surface area (Å²) < 4.78 is 2.30. The lowest BCUT2D eigenvalue weighted by Crippen LogP contribution is -2.01. The van der Waals surface area contributed by atoms with E-state index in [0.29, 0.717) is 0 Å². The van der Waals surface area contributed by atoms with Gasteiger partial charge >= 0.3 is 0 Å². The molecule has 2 aromatic rings. The van der Waals surface area contributed by atoms with E-state index in [4.69, 9.17) is 4.98 Å². The largest absolute Gasteiger partial charge is 0.304 e. The van der Waals surface area contributed by atoms with E-state index in [1.165, 1.54) is 49.1 Å². The van der Waals surface area contributed by atoms with Crippen molar-refractivity contribution in [1.29, 1.82) is 0 Å². The normalized spacial score (nSPS) is 16.8. The van der Waals surface area contributed by atoms with Crippen molar-refractivity contribution in [1.82, 2.24) is 9.38 Å². The Hall–Kier alpha value is -1.31. The zero-order chi connectivity index (χ0) is 11.0. The van der Waals surface area contributed by atoms with Crippen LogP contribution in [0.4, 0.5) is 0 Å². The predicted octanol–water partition coefficient (Wildman–Crippen LogP) is 3.30. The van der Waals surface area contributed by atoms with E-state index in [2.05, 4.69) is 29.7 Å². The summed E-state index contributed by atoms with van der Waals surface area (Å²) in [7, 11) is 0. The predicted molar refractivity (Wildman–Crippen MR) is 65.8 cm³/mol. The van der Waals surface area contributed by atoms with Crippen LogP contribution < -0.4 is 0 Å². The van der Waals surface area contributed by atoms with Gasteiger partial charge in [0.15, 0.2) is 0 Å². The van der Waals surface area contributed by atoms with E-state index in [9.17, 15) is 0 Å². The van der Waals surface area contributed by atoms with Gasteiger partial charge in [0.1, 0.15) is 5.65 Å². The molecule has 1 aliphatic carbocycles. The van der Waals surface area contributed by atoms with Crippen LogP contribution in [0.25, 0.3) is 5.65 Å². The third-order valence-corrected chi connectivity index (χ3v) is 3.60. The molecule has 2 heterocycles. The number of rotatable bonds is 0. The first-order chi connectivity index (χ1) is 7.86. The van der Waals surface area contributed by atoms with Gasteiger partial charge in [-0.1, -0.05) is 18.9 Å². The molecule has 0 N–H and O–H groups in total. The third-order valence-electron chi connectivity index (χ3n) is 3.60. The van der Waals surface area contributed by atoms with Crippen LogP contribution in [0, 0.1) is 6.92 Å². The van der Waals surface area contributed by atoms with E-state index in [1.807, 2.05) is 0 Å². The van der Waals surface area contributed by atoms with Gasteiger partial charge in [0.2, 0.25) is 0 Å². The molecule has 84 valence electrons. The molecule has 0 atom stereocenters. The van der Waals surface area contributed by atoms with Gasteiger partial charge in [0.05, 0.1) is 5.69 Å². The highest BCUT2D eigenvalue weighted by atomic mass is 15.0. The average molecular weight is 214 g/mol. The highest BCUT2D eigenvalue weighted by molar-refractivity contribution is 5.50. The topological polar surface area (TPSA) is 17.3 Å². The molecule has 1 aliphatic rings. The lowest BCUT2D eigenvalue weighted by molar-refractivity contribution is 0.605. The molecule has 2 aromatic heterocycles. The van der Waals surface area contributed by atoms with Crippen molar-refractivity contribution < 1.29 is 0 Å². The number of aryl methyl sites for hydroxylation is 3. The highest BCUT2D eigenvalue weighted by Crippen LogP contribution is 2.22. The summed E-state index contributed by atoms with van der Waals surface area (Å²) in [6, 6.07) is 4.28. The quantitative estimate of drug-likeness (QED) is 0.657. The molecule has 0 aromatic carbocycles. The molecule has 0 saturated heterocycles. The fourth-order valence-electron chi connectivity index (χ4n) is 2.70. The van der Waals surface area contributed by atoms with E-state index in [0.717, 1.165) is 12.1 Å². The molecule has 0 saturated carbocycles. The summed E-state index contributed by atoms with van der Waals surface area (Å²) in [6.07, 6.45) is 9.88. The van der Waals surface area contributed by atoms with Crippen LogP contribution >= 0.6 is 0 Å². The van der Waals surface area contributed by atoms with Crippen LogP contribution in [-0.2, 0) is 12.8 Å². The van der Waals surface area contributed by atoms with E-state index < -0.39 is 0 Å². The van der Waals surface area contributed by atoms with Gasteiger partial charge in [-0.3, -0.25) is 0 Å². The molecular weight excluding hydrogens is 196 g/mol. The fourth-order valence-corrected chi connectivity index (χ4v) is 2.70. The first-order valence-electron chi connectivity index (χ1n) is 6.32. The number of hydrogen-bond acceptors (Lipinski definition) is 1. The van der Waals surface area contributed by atoms with Gasteiger partial charge in [-0.15, -0.1) is 0 Å². The lowest BCUT2D eigenvalue weighted by Gasteiger charge is -2.09. The Kier molecular flexibility index (Phi) is 2.43. The van der Waals surface area contributed by atoms with Crippen molar-refractivity contribution in [3.05, 3.63) is 35.3 Å². The molecule has 0 radical (unpaired) electrons. The number of hydrogen-bond donors (Lipinski definition) is 0. The molecule has 3 rings (SSSR count). The summed E-state index contributed by atoms with van der Waals surface area (Å²) in [5.41, 5.74) is 5.25. The number of pyridine rings is 1. The minimum atomic E-state index is 1.16. The SMILES string of the molecule is Cc1cccn2c3c(nc12)CCCCCC3. The zero-order valence-electron chi connectivity index (χ0n) is 9.87. The Bertz CT molecular complexity index is 511. The van der Waals surface area contributed by atoms with Crippen molar-refractivity contribution >= 4 is 5.65 Å². The Morgan fingerprint density at radius 3 is 2.81 bits per heavy atom. The first kappa shape index (κ1) is 9.88. The summed E-state index contributed by atoms with van der Waals surface area (Å²) in [5, 5.41) is 0. The fraction of sp³-hybridized carbons (Fsp3) is 0.500. The van der Waals surface area contributed by atoms with Gasteiger partial charge in [0.25, 0.3) is 0 Å². The van der Waals surface area contributed by atoms with Gasteiger partial charge in [-0.2, -0.15) is 0 Å². The monoisotopic (exact) mass is 214 g/mol. The van der Waals surface area contributed by atoms with Crippen molar-refractivity contribution in [3.8, 4) is 0 Å². The molecule has 0 fully saturated rings.